The first kappa shape index (κ1) is 15.5. The molecule has 1 saturated heterocycles. The van der Waals surface area contributed by atoms with Crippen LogP contribution in [0.5, 0.6) is 0 Å². The van der Waals surface area contributed by atoms with Gasteiger partial charge in [-0.05, 0) is 25.0 Å². The van der Waals surface area contributed by atoms with Gasteiger partial charge in [0.15, 0.2) is 5.13 Å². The number of β-amino-alcohol motifs (C(OH)–C–C–N with tert-alkyl or cyclic N) is 1. The monoisotopic (exact) mass is 317 g/mol. The van der Waals surface area contributed by atoms with Crippen LogP contribution in [0.1, 0.15) is 22.8 Å². The summed E-state index contributed by atoms with van der Waals surface area (Å²) in [6.07, 6.45) is 1.45. The lowest BCUT2D eigenvalue weighted by Crippen LogP contribution is -2.47. The molecule has 2 aromatic rings. The van der Waals surface area contributed by atoms with Gasteiger partial charge in [0.05, 0.1) is 6.10 Å². The minimum absolute atomic E-state index is 0.411. The maximum atomic E-state index is 10.6. The van der Waals surface area contributed by atoms with E-state index in [1.165, 1.54) is 11.1 Å². The van der Waals surface area contributed by atoms with Crippen molar-refractivity contribution in [1.29, 1.82) is 0 Å². The van der Waals surface area contributed by atoms with Crippen molar-refractivity contribution in [2.45, 2.75) is 20.0 Å². The molecule has 0 amide bonds. The first-order valence-electron chi connectivity index (χ1n) is 7.75. The van der Waals surface area contributed by atoms with E-state index in [0.29, 0.717) is 6.54 Å². The molecular weight excluding hydrogens is 294 g/mol. The molecule has 0 bridgehead atoms. The third-order valence-electron chi connectivity index (χ3n) is 4.29. The Morgan fingerprint density at radius 1 is 1.23 bits per heavy atom. The van der Waals surface area contributed by atoms with Crippen LogP contribution in [0.4, 0.5) is 5.13 Å². The quantitative estimate of drug-likeness (QED) is 0.941. The molecule has 1 aromatic carbocycles. The molecule has 5 heteroatoms. The Hall–Kier alpha value is -1.43. The van der Waals surface area contributed by atoms with Crippen LogP contribution in [0, 0.1) is 13.8 Å². The average molecular weight is 317 g/mol. The van der Waals surface area contributed by atoms with E-state index < -0.39 is 6.10 Å². The van der Waals surface area contributed by atoms with Gasteiger partial charge in [-0.3, -0.25) is 4.90 Å². The summed E-state index contributed by atoms with van der Waals surface area (Å²) in [6, 6.07) is 6.29. The molecule has 1 aliphatic heterocycles. The van der Waals surface area contributed by atoms with Crippen molar-refractivity contribution in [2.75, 3.05) is 37.6 Å². The molecule has 2 heterocycles. The van der Waals surface area contributed by atoms with Crippen molar-refractivity contribution >= 4 is 16.5 Å². The van der Waals surface area contributed by atoms with Gasteiger partial charge in [-0.2, -0.15) is 0 Å². The molecule has 1 aromatic heterocycles. The molecular formula is C17H23N3OS. The number of aryl methyl sites for hydroxylation is 2. The zero-order valence-electron chi connectivity index (χ0n) is 13.2. The Balaban J connectivity index is 1.57. The predicted octanol–water partition coefficient (Wildman–Crippen LogP) is 2.62. The summed E-state index contributed by atoms with van der Waals surface area (Å²) < 4.78 is 0. The van der Waals surface area contributed by atoms with Crippen molar-refractivity contribution in [1.82, 2.24) is 9.88 Å². The molecule has 1 fully saturated rings. The number of piperazine rings is 1. The summed E-state index contributed by atoms with van der Waals surface area (Å²) in [6.45, 7) is 8.75. The fourth-order valence-electron chi connectivity index (χ4n) is 2.96. The molecule has 3 rings (SSSR count). The number of nitrogens with zero attached hydrogens (tertiary/aromatic N) is 3. The van der Waals surface area contributed by atoms with Crippen molar-refractivity contribution < 1.29 is 5.11 Å². The average Bonchev–Trinajstić information content (AvgIpc) is 3.05. The summed E-state index contributed by atoms with van der Waals surface area (Å²) in [5.41, 5.74) is 3.43. The van der Waals surface area contributed by atoms with Crippen molar-refractivity contribution in [3.05, 3.63) is 46.5 Å². The van der Waals surface area contributed by atoms with Gasteiger partial charge in [-0.15, -0.1) is 11.3 Å². The maximum Gasteiger partial charge on any atom is 0.185 e. The van der Waals surface area contributed by atoms with Gasteiger partial charge in [0.1, 0.15) is 0 Å². The fraction of sp³-hybridized carbons (Fsp3) is 0.471. The van der Waals surface area contributed by atoms with E-state index >= 15 is 0 Å². The van der Waals surface area contributed by atoms with Crippen LogP contribution in [0.2, 0.25) is 0 Å². The standard InChI is InChI=1S/C17H23N3OS/c1-13-3-4-14(2)15(11-13)16(21)12-19-6-8-20(9-7-19)17-18-5-10-22-17/h3-5,10-11,16,21H,6-9,12H2,1-2H3. The lowest BCUT2D eigenvalue weighted by Gasteiger charge is -2.35. The van der Waals surface area contributed by atoms with Crippen LogP contribution in [0.3, 0.4) is 0 Å². The number of rotatable bonds is 4. The normalized spacial score (nSPS) is 17.7. The Morgan fingerprint density at radius 2 is 2.00 bits per heavy atom. The van der Waals surface area contributed by atoms with Gasteiger partial charge in [0.25, 0.3) is 0 Å². The highest BCUT2D eigenvalue weighted by Crippen LogP contribution is 2.22. The number of hydrogen-bond donors (Lipinski definition) is 1. The molecule has 118 valence electrons. The Morgan fingerprint density at radius 3 is 2.68 bits per heavy atom. The molecule has 4 nitrogen and oxygen atoms in total. The van der Waals surface area contributed by atoms with E-state index in [1.807, 2.05) is 11.6 Å². The summed E-state index contributed by atoms with van der Waals surface area (Å²) in [4.78, 5) is 9.04. The maximum absolute atomic E-state index is 10.6. The van der Waals surface area contributed by atoms with Crippen molar-refractivity contribution in [3.8, 4) is 0 Å². The number of anilines is 1. The summed E-state index contributed by atoms with van der Waals surface area (Å²) >= 11 is 1.69. The van der Waals surface area contributed by atoms with Crippen LogP contribution in [0.15, 0.2) is 29.8 Å². The summed E-state index contributed by atoms with van der Waals surface area (Å²) in [7, 11) is 0. The number of aliphatic hydroxyl groups excluding tert-OH is 1. The third-order valence-corrected chi connectivity index (χ3v) is 5.12. The fourth-order valence-corrected chi connectivity index (χ4v) is 3.65. The first-order valence-corrected chi connectivity index (χ1v) is 8.63. The van der Waals surface area contributed by atoms with Crippen LogP contribution in [-0.4, -0.2) is 47.7 Å². The van der Waals surface area contributed by atoms with Crippen LogP contribution in [-0.2, 0) is 0 Å². The summed E-state index contributed by atoms with van der Waals surface area (Å²) in [5.74, 6) is 0. The molecule has 0 radical (unpaired) electrons. The number of benzene rings is 1. The molecule has 1 aliphatic rings. The molecule has 22 heavy (non-hydrogen) atoms. The summed E-state index contributed by atoms with van der Waals surface area (Å²) in [5, 5.41) is 13.7. The number of hydrogen-bond acceptors (Lipinski definition) is 5. The molecule has 1 N–H and O–H groups in total. The topological polar surface area (TPSA) is 39.6 Å². The number of thiazole rings is 1. The van der Waals surface area contributed by atoms with Crippen molar-refractivity contribution in [3.63, 3.8) is 0 Å². The largest absolute Gasteiger partial charge is 0.387 e. The minimum atomic E-state index is -0.411. The van der Waals surface area contributed by atoms with E-state index in [1.54, 1.807) is 11.3 Å². The minimum Gasteiger partial charge on any atom is -0.387 e. The number of aromatic nitrogens is 1. The van der Waals surface area contributed by atoms with Gasteiger partial charge in [0, 0.05) is 44.3 Å². The molecule has 1 unspecified atom stereocenters. The highest BCUT2D eigenvalue weighted by molar-refractivity contribution is 7.13. The zero-order valence-corrected chi connectivity index (χ0v) is 14.0. The van der Waals surface area contributed by atoms with Gasteiger partial charge >= 0.3 is 0 Å². The second kappa shape index (κ2) is 6.77. The van der Waals surface area contributed by atoms with Crippen molar-refractivity contribution in [2.24, 2.45) is 0 Å². The second-order valence-electron chi connectivity index (χ2n) is 5.98. The van der Waals surface area contributed by atoms with Gasteiger partial charge < -0.3 is 10.0 Å². The highest BCUT2D eigenvalue weighted by atomic mass is 32.1. The highest BCUT2D eigenvalue weighted by Gasteiger charge is 2.21. The van der Waals surface area contributed by atoms with E-state index in [0.717, 1.165) is 36.9 Å². The van der Waals surface area contributed by atoms with E-state index in [-0.39, 0.29) is 0 Å². The zero-order chi connectivity index (χ0) is 15.5. The SMILES string of the molecule is Cc1ccc(C)c(C(O)CN2CCN(c3nccs3)CC2)c1. The lowest BCUT2D eigenvalue weighted by molar-refractivity contribution is 0.109. The molecule has 0 saturated carbocycles. The second-order valence-corrected chi connectivity index (χ2v) is 6.85. The molecule has 0 spiro atoms. The van der Waals surface area contributed by atoms with Crippen LogP contribution >= 0.6 is 11.3 Å². The number of aliphatic hydroxyl groups is 1. The third kappa shape index (κ3) is 3.48. The lowest BCUT2D eigenvalue weighted by atomic mass is 10.0. The van der Waals surface area contributed by atoms with Gasteiger partial charge in [-0.1, -0.05) is 23.8 Å². The van der Waals surface area contributed by atoms with Gasteiger partial charge in [-0.25, -0.2) is 4.98 Å². The van der Waals surface area contributed by atoms with Gasteiger partial charge in [0.2, 0.25) is 0 Å². The van der Waals surface area contributed by atoms with E-state index in [4.69, 9.17) is 0 Å². The Labute approximate surface area is 136 Å². The Kier molecular flexibility index (Phi) is 4.76. The predicted molar refractivity (Wildman–Crippen MR) is 91.6 cm³/mol. The smallest absolute Gasteiger partial charge is 0.185 e. The molecule has 0 aliphatic carbocycles. The van der Waals surface area contributed by atoms with E-state index in [9.17, 15) is 5.11 Å². The van der Waals surface area contributed by atoms with Crippen LogP contribution in [0.25, 0.3) is 0 Å². The molecule has 1 atom stereocenters. The van der Waals surface area contributed by atoms with E-state index in [2.05, 4.69) is 46.8 Å². The Bertz CT molecular complexity index is 606. The first-order chi connectivity index (χ1) is 10.6. The van der Waals surface area contributed by atoms with Crippen LogP contribution < -0.4 is 4.90 Å².